The van der Waals surface area contributed by atoms with Crippen LogP contribution in [0.1, 0.15) is 12.0 Å². The highest BCUT2D eigenvalue weighted by molar-refractivity contribution is 5.96. The zero-order valence-electron chi connectivity index (χ0n) is 19.3. The third-order valence-electron chi connectivity index (χ3n) is 6.89. The highest BCUT2D eigenvalue weighted by Crippen LogP contribution is 2.34. The molecule has 0 spiro atoms. The Morgan fingerprint density at radius 1 is 1.17 bits per heavy atom. The Kier molecular flexibility index (Phi) is 5.30. The highest BCUT2D eigenvalue weighted by atomic mass is 16.5. The van der Waals surface area contributed by atoms with Crippen LogP contribution in [0.5, 0.6) is 5.75 Å². The van der Waals surface area contributed by atoms with Gasteiger partial charge >= 0.3 is 0 Å². The Hall–Kier alpha value is -4.43. The lowest BCUT2D eigenvalue weighted by atomic mass is 10.0. The molecule has 3 aliphatic rings. The summed E-state index contributed by atoms with van der Waals surface area (Å²) >= 11 is 0. The molecule has 0 bridgehead atoms. The van der Waals surface area contributed by atoms with Crippen LogP contribution in [0.2, 0.25) is 0 Å². The Labute approximate surface area is 206 Å². The molecule has 3 aromatic rings. The lowest BCUT2D eigenvalue weighted by Crippen LogP contribution is -2.50. The van der Waals surface area contributed by atoms with Gasteiger partial charge in [0.1, 0.15) is 11.9 Å². The summed E-state index contributed by atoms with van der Waals surface area (Å²) in [6, 6.07) is 14.3. The number of fused-ring (bicyclic) bond motifs is 3. The van der Waals surface area contributed by atoms with E-state index in [9.17, 15) is 14.9 Å². The van der Waals surface area contributed by atoms with Crippen molar-refractivity contribution in [1.82, 2.24) is 14.5 Å². The van der Waals surface area contributed by atoms with Crippen LogP contribution in [0.15, 0.2) is 47.3 Å². The molecule has 11 heteroatoms. The van der Waals surface area contributed by atoms with E-state index in [1.165, 1.54) is 0 Å². The summed E-state index contributed by atoms with van der Waals surface area (Å²) in [5, 5.41) is 21.3. The molecule has 36 heavy (non-hydrogen) atoms. The molecule has 2 fully saturated rings. The van der Waals surface area contributed by atoms with Crippen LogP contribution < -0.4 is 20.5 Å². The van der Waals surface area contributed by atoms with Crippen LogP contribution in [0, 0.1) is 16.7 Å². The van der Waals surface area contributed by atoms with E-state index in [2.05, 4.69) is 21.3 Å². The summed E-state index contributed by atoms with van der Waals surface area (Å²) in [4.78, 5) is 32.8. The number of hydrogen-bond donors (Lipinski definition) is 2. The van der Waals surface area contributed by atoms with Crippen molar-refractivity contribution in [2.24, 2.45) is 0 Å². The highest BCUT2D eigenvalue weighted by Gasteiger charge is 2.44. The van der Waals surface area contributed by atoms with Gasteiger partial charge in [-0.3, -0.25) is 24.8 Å². The van der Waals surface area contributed by atoms with Gasteiger partial charge in [-0.1, -0.05) is 6.07 Å². The molecule has 0 radical (unpaired) electrons. The maximum absolute atomic E-state index is 12.6. The van der Waals surface area contributed by atoms with E-state index in [0.29, 0.717) is 42.6 Å². The second-order valence-corrected chi connectivity index (χ2v) is 9.05. The first kappa shape index (κ1) is 22.1. The van der Waals surface area contributed by atoms with E-state index in [-0.39, 0.29) is 36.2 Å². The van der Waals surface area contributed by atoms with E-state index in [4.69, 9.17) is 14.9 Å². The number of aromatic nitrogens is 2. The molecule has 2 N–H and O–H groups in total. The number of rotatable bonds is 4. The predicted octanol–water partition coefficient (Wildman–Crippen LogP) is 1.51. The van der Waals surface area contributed by atoms with Crippen LogP contribution in [-0.4, -0.2) is 64.8 Å². The van der Waals surface area contributed by atoms with Gasteiger partial charge in [0.25, 0.3) is 17.5 Å². The number of carbonyl (C=O) groups excluding carboxylic acids is 1. The fourth-order valence-electron chi connectivity index (χ4n) is 5.12. The van der Waals surface area contributed by atoms with Crippen molar-refractivity contribution < 1.29 is 14.3 Å². The number of likely N-dealkylation sites (tertiary alicyclic amines) is 1. The van der Waals surface area contributed by atoms with Crippen molar-refractivity contribution in [2.75, 3.05) is 36.5 Å². The van der Waals surface area contributed by atoms with Crippen molar-refractivity contribution in [3.05, 3.63) is 58.4 Å². The summed E-state index contributed by atoms with van der Waals surface area (Å²) in [6.45, 7) is 2.45. The van der Waals surface area contributed by atoms with E-state index in [0.717, 1.165) is 23.9 Å². The van der Waals surface area contributed by atoms with Crippen LogP contribution in [0.3, 0.4) is 0 Å². The quantitative estimate of drug-likeness (QED) is 0.568. The smallest absolute Gasteiger partial charge is 0.291 e. The average molecular weight is 486 g/mol. The topological polar surface area (TPSA) is 137 Å². The first-order valence-electron chi connectivity index (χ1n) is 11.7. The van der Waals surface area contributed by atoms with Gasteiger partial charge in [-0.15, -0.1) is 0 Å². The fourth-order valence-corrected chi connectivity index (χ4v) is 5.12. The van der Waals surface area contributed by atoms with Gasteiger partial charge in [0, 0.05) is 32.2 Å². The van der Waals surface area contributed by atoms with Crippen LogP contribution in [0.25, 0.3) is 10.9 Å². The van der Waals surface area contributed by atoms with Crippen molar-refractivity contribution in [2.45, 2.75) is 25.1 Å². The van der Waals surface area contributed by atoms with Gasteiger partial charge in [0.2, 0.25) is 0 Å². The number of nitrogens with one attached hydrogen (secondary N) is 2. The minimum absolute atomic E-state index is 0.0247. The molecule has 6 rings (SSSR count). The molecular weight excluding hydrogens is 462 g/mol. The molecule has 1 aromatic carbocycles. The second kappa shape index (κ2) is 8.66. The number of hydrogen-bond acceptors (Lipinski definition) is 8. The lowest BCUT2D eigenvalue weighted by molar-refractivity contribution is -0.118. The summed E-state index contributed by atoms with van der Waals surface area (Å²) in [5.74, 6) is 1.11. The number of ether oxygens (including phenoxy) is 2. The van der Waals surface area contributed by atoms with Crippen molar-refractivity contribution in [1.29, 1.82) is 10.7 Å². The van der Waals surface area contributed by atoms with Crippen LogP contribution in [-0.2, 0) is 16.1 Å². The van der Waals surface area contributed by atoms with Crippen molar-refractivity contribution >= 4 is 34.5 Å². The Bertz CT molecular complexity index is 1490. The van der Waals surface area contributed by atoms with E-state index in [1.807, 2.05) is 6.07 Å². The van der Waals surface area contributed by atoms with Gasteiger partial charge in [0.05, 0.1) is 23.2 Å². The molecule has 0 unspecified atom stereocenters. The normalized spacial score (nSPS) is 21.2. The third kappa shape index (κ3) is 3.81. The van der Waals surface area contributed by atoms with Gasteiger partial charge < -0.3 is 19.4 Å². The SMILES string of the molecule is N#Cc1ccc2ccc(=O)n(CCN3CC[C@@H]4[C@H](C3)OC(=N)N4c3ccc4c(n3)NC(=O)CO4)c2c1. The van der Waals surface area contributed by atoms with Gasteiger partial charge in [-0.05, 0) is 42.1 Å². The molecule has 2 atom stereocenters. The number of amidine groups is 1. The summed E-state index contributed by atoms with van der Waals surface area (Å²) in [6.07, 6.45) is 0.530. The number of amides is 1. The number of benzene rings is 1. The number of piperidine rings is 1. The standard InChI is InChI=1S/C25H23N7O4/c26-12-15-1-2-16-3-6-23(34)31(18(16)11-15)10-9-30-8-7-17-20(13-30)36-25(27)32(17)21-5-4-19-24(28-21)29-22(33)14-35-19/h1-6,11,17,20,27H,7-10,13-14H2,(H,28,29,33)/t17-,20+/m1/s1. The zero-order chi connectivity index (χ0) is 24.8. The third-order valence-corrected chi connectivity index (χ3v) is 6.89. The Morgan fingerprint density at radius 3 is 2.89 bits per heavy atom. The summed E-state index contributed by atoms with van der Waals surface area (Å²) in [5.41, 5.74) is 1.16. The van der Waals surface area contributed by atoms with Crippen LogP contribution in [0.4, 0.5) is 11.6 Å². The average Bonchev–Trinajstić information content (AvgIpc) is 3.22. The molecule has 5 heterocycles. The first-order valence-corrected chi connectivity index (χ1v) is 11.7. The van der Waals surface area contributed by atoms with Crippen LogP contribution >= 0.6 is 0 Å². The summed E-state index contributed by atoms with van der Waals surface area (Å²) in [7, 11) is 0. The largest absolute Gasteiger partial charge is 0.480 e. The predicted molar refractivity (Wildman–Crippen MR) is 131 cm³/mol. The molecular formula is C25H23N7O4. The minimum Gasteiger partial charge on any atom is -0.480 e. The maximum Gasteiger partial charge on any atom is 0.291 e. The molecule has 3 aliphatic heterocycles. The number of nitrogens with zero attached hydrogens (tertiary/aromatic N) is 5. The summed E-state index contributed by atoms with van der Waals surface area (Å²) < 4.78 is 13.0. The monoisotopic (exact) mass is 485 g/mol. The maximum atomic E-state index is 12.6. The zero-order valence-corrected chi connectivity index (χ0v) is 19.3. The molecule has 182 valence electrons. The fraction of sp³-hybridized carbons (Fsp3) is 0.320. The number of pyridine rings is 2. The molecule has 1 amide bonds. The lowest BCUT2D eigenvalue weighted by Gasteiger charge is -2.35. The van der Waals surface area contributed by atoms with E-state index >= 15 is 0 Å². The number of nitriles is 1. The Morgan fingerprint density at radius 2 is 2.03 bits per heavy atom. The molecule has 2 saturated heterocycles. The molecule has 0 aliphatic carbocycles. The van der Waals surface area contributed by atoms with Crippen molar-refractivity contribution in [3.63, 3.8) is 0 Å². The molecule has 0 saturated carbocycles. The van der Waals surface area contributed by atoms with Crippen molar-refractivity contribution in [3.8, 4) is 11.8 Å². The minimum atomic E-state index is -0.264. The van der Waals surface area contributed by atoms with Gasteiger partial charge in [0.15, 0.2) is 18.2 Å². The second-order valence-electron chi connectivity index (χ2n) is 9.05. The number of carbonyl (C=O) groups is 1. The van der Waals surface area contributed by atoms with E-state index < -0.39 is 0 Å². The number of anilines is 2. The van der Waals surface area contributed by atoms with Gasteiger partial charge in [-0.25, -0.2) is 4.98 Å². The molecule has 2 aromatic heterocycles. The first-order chi connectivity index (χ1) is 17.5. The van der Waals surface area contributed by atoms with E-state index in [1.54, 1.807) is 45.9 Å². The Balaban J connectivity index is 1.17. The van der Waals surface area contributed by atoms with Gasteiger partial charge in [-0.2, -0.15) is 5.26 Å². The molecule has 11 nitrogen and oxygen atoms in total.